The fourth-order valence-corrected chi connectivity index (χ4v) is 2.16. The topological polar surface area (TPSA) is 62.3 Å². The second-order valence-corrected chi connectivity index (χ2v) is 4.27. The summed E-state index contributed by atoms with van der Waals surface area (Å²) < 4.78 is 12.6. The first-order valence-electron chi connectivity index (χ1n) is 5.64. The molecule has 5 heteroatoms. The Balaban J connectivity index is 2.25. The van der Waals surface area contributed by atoms with Gasteiger partial charge in [-0.25, -0.2) is 4.98 Å². The van der Waals surface area contributed by atoms with Gasteiger partial charge >= 0.3 is 0 Å². The van der Waals surface area contributed by atoms with Gasteiger partial charge in [0, 0.05) is 18.2 Å². The van der Waals surface area contributed by atoms with Gasteiger partial charge in [0.2, 0.25) is 5.95 Å². The zero-order valence-electron chi connectivity index (χ0n) is 9.93. The van der Waals surface area contributed by atoms with Crippen molar-refractivity contribution in [3.8, 4) is 11.5 Å². The molecule has 1 aromatic heterocycles. The SMILES string of the molecule is COc1cc2nc(N)n(C3CC3)c2cc1OC. The van der Waals surface area contributed by atoms with E-state index in [9.17, 15) is 0 Å². The van der Waals surface area contributed by atoms with Gasteiger partial charge < -0.3 is 19.8 Å². The number of aromatic nitrogens is 2. The first-order valence-corrected chi connectivity index (χ1v) is 5.64. The molecule has 0 spiro atoms. The number of methoxy groups -OCH3 is 2. The molecule has 5 nitrogen and oxygen atoms in total. The Morgan fingerprint density at radius 1 is 1.24 bits per heavy atom. The van der Waals surface area contributed by atoms with Crippen molar-refractivity contribution >= 4 is 17.0 Å². The molecule has 1 heterocycles. The molecule has 2 aromatic rings. The van der Waals surface area contributed by atoms with Crippen molar-refractivity contribution in [3.05, 3.63) is 12.1 Å². The van der Waals surface area contributed by atoms with Crippen molar-refractivity contribution in [1.29, 1.82) is 0 Å². The summed E-state index contributed by atoms with van der Waals surface area (Å²) in [6.07, 6.45) is 2.34. The van der Waals surface area contributed by atoms with Crippen LogP contribution in [0.3, 0.4) is 0 Å². The van der Waals surface area contributed by atoms with Crippen LogP contribution in [0.2, 0.25) is 0 Å². The standard InChI is InChI=1S/C12H15N3O2/c1-16-10-5-8-9(6-11(10)17-2)15(7-3-4-7)12(13)14-8/h5-7H,3-4H2,1-2H3,(H2,13,14). The summed E-state index contributed by atoms with van der Waals surface area (Å²) in [5.74, 6) is 1.96. The fourth-order valence-electron chi connectivity index (χ4n) is 2.16. The molecule has 0 saturated heterocycles. The molecule has 1 aliphatic rings. The number of hydrogen-bond donors (Lipinski definition) is 1. The molecule has 1 aromatic carbocycles. The Labute approximate surface area is 99.1 Å². The van der Waals surface area contributed by atoms with Crippen molar-refractivity contribution in [2.75, 3.05) is 20.0 Å². The van der Waals surface area contributed by atoms with E-state index in [0.29, 0.717) is 23.5 Å². The highest BCUT2D eigenvalue weighted by molar-refractivity contribution is 5.82. The molecule has 90 valence electrons. The van der Waals surface area contributed by atoms with Gasteiger partial charge in [0.1, 0.15) is 0 Å². The Morgan fingerprint density at radius 2 is 1.88 bits per heavy atom. The van der Waals surface area contributed by atoms with Gasteiger partial charge in [-0.1, -0.05) is 0 Å². The number of benzene rings is 1. The summed E-state index contributed by atoms with van der Waals surface area (Å²) in [5, 5.41) is 0. The normalized spacial score (nSPS) is 15.2. The van der Waals surface area contributed by atoms with Crippen LogP contribution in [0.5, 0.6) is 11.5 Å². The highest BCUT2D eigenvalue weighted by Crippen LogP contribution is 2.41. The molecular weight excluding hydrogens is 218 g/mol. The number of nitrogens with zero attached hydrogens (tertiary/aromatic N) is 2. The quantitative estimate of drug-likeness (QED) is 0.880. The second-order valence-electron chi connectivity index (χ2n) is 4.27. The molecule has 0 bridgehead atoms. The Kier molecular flexibility index (Phi) is 2.14. The van der Waals surface area contributed by atoms with Crippen molar-refractivity contribution in [2.24, 2.45) is 0 Å². The summed E-state index contributed by atoms with van der Waals surface area (Å²) in [6.45, 7) is 0. The van der Waals surface area contributed by atoms with Gasteiger partial charge in [-0.05, 0) is 12.8 Å². The van der Waals surface area contributed by atoms with Gasteiger partial charge in [0.25, 0.3) is 0 Å². The Hall–Kier alpha value is -1.91. The van der Waals surface area contributed by atoms with E-state index in [1.54, 1.807) is 14.2 Å². The Morgan fingerprint density at radius 3 is 2.47 bits per heavy atom. The van der Waals surface area contributed by atoms with Crippen LogP contribution in [0.15, 0.2) is 12.1 Å². The highest BCUT2D eigenvalue weighted by Gasteiger charge is 2.28. The zero-order chi connectivity index (χ0) is 12.0. The van der Waals surface area contributed by atoms with Crippen LogP contribution in [-0.4, -0.2) is 23.8 Å². The van der Waals surface area contributed by atoms with E-state index >= 15 is 0 Å². The van der Waals surface area contributed by atoms with E-state index < -0.39 is 0 Å². The largest absolute Gasteiger partial charge is 0.493 e. The maximum absolute atomic E-state index is 5.95. The van der Waals surface area contributed by atoms with Gasteiger partial charge in [0.05, 0.1) is 25.3 Å². The Bertz CT molecular complexity index is 573. The van der Waals surface area contributed by atoms with Crippen molar-refractivity contribution in [3.63, 3.8) is 0 Å². The minimum atomic E-state index is 0.498. The molecule has 3 rings (SSSR count). The molecule has 0 unspecified atom stereocenters. The highest BCUT2D eigenvalue weighted by atomic mass is 16.5. The van der Waals surface area contributed by atoms with Crippen molar-refractivity contribution in [2.45, 2.75) is 18.9 Å². The van der Waals surface area contributed by atoms with Gasteiger partial charge in [-0.2, -0.15) is 0 Å². The third-order valence-electron chi connectivity index (χ3n) is 3.13. The molecule has 0 aliphatic heterocycles. The third-order valence-corrected chi connectivity index (χ3v) is 3.13. The number of nitrogens with two attached hydrogens (primary N) is 1. The van der Waals surface area contributed by atoms with Crippen LogP contribution >= 0.6 is 0 Å². The first-order chi connectivity index (χ1) is 8.24. The number of ether oxygens (including phenoxy) is 2. The lowest BCUT2D eigenvalue weighted by molar-refractivity contribution is 0.355. The number of rotatable bonds is 3. The smallest absolute Gasteiger partial charge is 0.201 e. The average molecular weight is 233 g/mol. The summed E-state index contributed by atoms with van der Waals surface area (Å²) in [5.41, 5.74) is 7.82. The van der Waals surface area contributed by atoms with Crippen LogP contribution in [-0.2, 0) is 0 Å². The van der Waals surface area contributed by atoms with E-state index in [1.807, 2.05) is 12.1 Å². The molecule has 1 fully saturated rings. The van der Waals surface area contributed by atoms with E-state index in [4.69, 9.17) is 15.2 Å². The predicted octanol–water partition coefficient (Wildman–Crippen LogP) is 1.97. The zero-order valence-corrected chi connectivity index (χ0v) is 9.93. The summed E-state index contributed by atoms with van der Waals surface area (Å²) >= 11 is 0. The second kappa shape index (κ2) is 3.55. The van der Waals surface area contributed by atoms with Crippen LogP contribution in [0.25, 0.3) is 11.0 Å². The molecule has 1 aliphatic carbocycles. The minimum absolute atomic E-state index is 0.498. The molecule has 1 saturated carbocycles. The van der Waals surface area contributed by atoms with Crippen LogP contribution in [0.4, 0.5) is 5.95 Å². The van der Waals surface area contributed by atoms with Crippen LogP contribution in [0, 0.1) is 0 Å². The maximum Gasteiger partial charge on any atom is 0.201 e. The number of anilines is 1. The monoisotopic (exact) mass is 233 g/mol. The molecule has 0 atom stereocenters. The summed E-state index contributed by atoms with van der Waals surface area (Å²) in [4.78, 5) is 4.36. The molecule has 2 N–H and O–H groups in total. The summed E-state index contributed by atoms with van der Waals surface area (Å²) in [7, 11) is 3.25. The number of fused-ring (bicyclic) bond motifs is 1. The van der Waals surface area contributed by atoms with Crippen molar-refractivity contribution in [1.82, 2.24) is 9.55 Å². The van der Waals surface area contributed by atoms with Gasteiger partial charge in [-0.15, -0.1) is 0 Å². The minimum Gasteiger partial charge on any atom is -0.493 e. The van der Waals surface area contributed by atoms with Crippen LogP contribution in [0.1, 0.15) is 18.9 Å². The molecule has 0 amide bonds. The fraction of sp³-hybridized carbons (Fsp3) is 0.417. The number of nitrogen functional groups attached to an aromatic ring is 1. The number of imidazole rings is 1. The lowest BCUT2D eigenvalue weighted by atomic mass is 10.2. The first kappa shape index (κ1) is 10.3. The molecule has 17 heavy (non-hydrogen) atoms. The molecule has 0 radical (unpaired) electrons. The van der Waals surface area contributed by atoms with E-state index in [0.717, 1.165) is 11.0 Å². The van der Waals surface area contributed by atoms with Crippen molar-refractivity contribution < 1.29 is 9.47 Å². The van der Waals surface area contributed by atoms with Gasteiger partial charge in [-0.3, -0.25) is 0 Å². The number of hydrogen-bond acceptors (Lipinski definition) is 4. The predicted molar refractivity (Wildman–Crippen MR) is 65.5 cm³/mol. The average Bonchev–Trinajstić information content (AvgIpc) is 3.10. The van der Waals surface area contributed by atoms with E-state index in [1.165, 1.54) is 12.8 Å². The van der Waals surface area contributed by atoms with E-state index in [2.05, 4.69) is 9.55 Å². The maximum atomic E-state index is 5.95. The third kappa shape index (κ3) is 1.50. The molecular formula is C12H15N3O2. The summed E-state index contributed by atoms with van der Waals surface area (Å²) in [6, 6.07) is 4.30. The van der Waals surface area contributed by atoms with E-state index in [-0.39, 0.29) is 0 Å². The van der Waals surface area contributed by atoms with Crippen LogP contribution < -0.4 is 15.2 Å². The lowest BCUT2D eigenvalue weighted by Gasteiger charge is -2.08. The lowest BCUT2D eigenvalue weighted by Crippen LogP contribution is -2.00. The van der Waals surface area contributed by atoms with Gasteiger partial charge in [0.15, 0.2) is 11.5 Å².